The zero-order chi connectivity index (χ0) is 12.3. The van der Waals surface area contributed by atoms with Crippen LogP contribution in [-0.4, -0.2) is 41.0 Å². The summed E-state index contributed by atoms with van der Waals surface area (Å²) in [5.41, 5.74) is 5.41. The highest BCUT2D eigenvalue weighted by Crippen LogP contribution is 2.27. The maximum atomic E-state index is 5.75. The summed E-state index contributed by atoms with van der Waals surface area (Å²) in [5, 5.41) is 0. The van der Waals surface area contributed by atoms with Gasteiger partial charge < -0.3 is 0 Å². The summed E-state index contributed by atoms with van der Waals surface area (Å²) in [6.07, 6.45) is 3.75. The quantitative estimate of drug-likeness (QED) is 0.619. The van der Waals surface area contributed by atoms with Gasteiger partial charge in [0.15, 0.2) is 0 Å². The van der Waals surface area contributed by atoms with Crippen molar-refractivity contribution in [2.75, 3.05) is 25.1 Å². The van der Waals surface area contributed by atoms with Crippen molar-refractivity contribution in [2.45, 2.75) is 19.0 Å². The van der Waals surface area contributed by atoms with Crippen molar-refractivity contribution >= 4 is 11.8 Å². The number of thioether (sulfide) groups is 1. The van der Waals surface area contributed by atoms with Crippen molar-refractivity contribution < 1.29 is 0 Å². The maximum Gasteiger partial charge on any atom is 0.0640 e. The first-order valence-corrected chi connectivity index (χ1v) is 7.04. The van der Waals surface area contributed by atoms with Crippen molar-refractivity contribution in [2.24, 2.45) is 5.84 Å². The molecule has 4 nitrogen and oxygen atoms in total. The van der Waals surface area contributed by atoms with Crippen molar-refractivity contribution in [1.82, 2.24) is 15.3 Å². The molecule has 3 N–H and O–H groups in total. The molecule has 1 aromatic rings. The number of aryl methyl sites for hydroxylation is 1. The van der Waals surface area contributed by atoms with E-state index in [2.05, 4.69) is 29.3 Å². The van der Waals surface area contributed by atoms with Gasteiger partial charge >= 0.3 is 0 Å². The summed E-state index contributed by atoms with van der Waals surface area (Å²) in [6, 6.07) is 2.62. The summed E-state index contributed by atoms with van der Waals surface area (Å²) in [4.78, 5) is 6.60. The van der Waals surface area contributed by atoms with Gasteiger partial charge in [0.1, 0.15) is 0 Å². The molecule has 2 rings (SSSR count). The second-order valence-electron chi connectivity index (χ2n) is 4.50. The van der Waals surface area contributed by atoms with Gasteiger partial charge in [-0.05, 0) is 31.2 Å². The number of hydrogen-bond donors (Lipinski definition) is 2. The van der Waals surface area contributed by atoms with E-state index in [4.69, 9.17) is 5.84 Å². The van der Waals surface area contributed by atoms with Gasteiger partial charge in [-0.15, -0.1) is 0 Å². The molecule has 0 aliphatic carbocycles. The number of nitrogens with two attached hydrogens (primary N) is 1. The second kappa shape index (κ2) is 5.82. The summed E-state index contributed by atoms with van der Waals surface area (Å²) in [5.74, 6) is 8.07. The van der Waals surface area contributed by atoms with E-state index in [9.17, 15) is 0 Å². The molecule has 1 aliphatic heterocycles. The molecule has 0 bridgehead atoms. The first-order chi connectivity index (χ1) is 8.24. The molecule has 0 amide bonds. The minimum absolute atomic E-state index is 0.154. The standard InChI is InChI=1S/C12H20N4S/c1-9-3-4-14-7-10(9)12(15-13)11-8-17-6-5-16(11)2/h3-4,7,11-12,15H,5-6,8,13H2,1-2H3. The van der Waals surface area contributed by atoms with E-state index in [1.54, 1.807) is 0 Å². The molecule has 0 radical (unpaired) electrons. The van der Waals surface area contributed by atoms with E-state index in [1.165, 1.54) is 16.9 Å². The fourth-order valence-corrected chi connectivity index (χ4v) is 3.54. The van der Waals surface area contributed by atoms with Crippen LogP contribution in [0.25, 0.3) is 0 Å². The normalized spacial score (nSPS) is 23.6. The zero-order valence-corrected chi connectivity index (χ0v) is 11.2. The minimum atomic E-state index is 0.154. The first kappa shape index (κ1) is 12.8. The summed E-state index contributed by atoms with van der Waals surface area (Å²) >= 11 is 1.99. The summed E-state index contributed by atoms with van der Waals surface area (Å²) in [6.45, 7) is 3.23. The fourth-order valence-electron chi connectivity index (χ4n) is 2.27. The number of hydrogen-bond acceptors (Lipinski definition) is 5. The molecule has 1 aromatic heterocycles. The van der Waals surface area contributed by atoms with E-state index in [0.717, 1.165) is 12.3 Å². The highest BCUT2D eigenvalue weighted by atomic mass is 32.2. The first-order valence-electron chi connectivity index (χ1n) is 5.88. The van der Waals surface area contributed by atoms with Crippen LogP contribution in [0.2, 0.25) is 0 Å². The van der Waals surface area contributed by atoms with Crippen LogP contribution >= 0.6 is 11.8 Å². The molecule has 0 saturated carbocycles. The van der Waals surface area contributed by atoms with E-state index < -0.39 is 0 Å². The smallest absolute Gasteiger partial charge is 0.0640 e. The van der Waals surface area contributed by atoms with Crippen LogP contribution in [-0.2, 0) is 0 Å². The Kier molecular flexibility index (Phi) is 4.39. The molecule has 0 spiro atoms. The second-order valence-corrected chi connectivity index (χ2v) is 5.65. The Bertz CT molecular complexity index is 371. The Morgan fingerprint density at radius 2 is 2.47 bits per heavy atom. The SMILES string of the molecule is Cc1ccncc1C(NN)C1CSCCN1C. The van der Waals surface area contributed by atoms with Crippen molar-refractivity contribution in [3.05, 3.63) is 29.6 Å². The van der Waals surface area contributed by atoms with Gasteiger partial charge in [-0.3, -0.25) is 21.2 Å². The number of nitrogens with zero attached hydrogens (tertiary/aromatic N) is 2. The van der Waals surface area contributed by atoms with Crippen LogP contribution in [0.1, 0.15) is 17.2 Å². The molecule has 5 heteroatoms. The number of likely N-dealkylation sites (N-methyl/N-ethyl adjacent to an activating group) is 1. The van der Waals surface area contributed by atoms with Crippen molar-refractivity contribution in [3.63, 3.8) is 0 Å². The van der Waals surface area contributed by atoms with Crippen LogP contribution in [0, 0.1) is 6.92 Å². The molecular formula is C12H20N4S. The van der Waals surface area contributed by atoms with E-state index >= 15 is 0 Å². The lowest BCUT2D eigenvalue weighted by Gasteiger charge is -2.37. The van der Waals surface area contributed by atoms with Crippen molar-refractivity contribution in [1.29, 1.82) is 0 Å². The van der Waals surface area contributed by atoms with Gasteiger partial charge in [-0.25, -0.2) is 0 Å². The van der Waals surface area contributed by atoms with Crippen molar-refractivity contribution in [3.8, 4) is 0 Å². The van der Waals surface area contributed by atoms with Gasteiger partial charge in [-0.2, -0.15) is 11.8 Å². The average molecular weight is 252 g/mol. The highest BCUT2D eigenvalue weighted by Gasteiger charge is 2.29. The largest absolute Gasteiger partial charge is 0.300 e. The Morgan fingerprint density at radius 1 is 1.65 bits per heavy atom. The maximum absolute atomic E-state index is 5.75. The van der Waals surface area contributed by atoms with E-state index in [-0.39, 0.29) is 6.04 Å². The lowest BCUT2D eigenvalue weighted by Crippen LogP contribution is -2.49. The summed E-state index contributed by atoms with van der Waals surface area (Å²) < 4.78 is 0. The Morgan fingerprint density at radius 3 is 3.12 bits per heavy atom. The molecule has 94 valence electrons. The summed E-state index contributed by atoms with van der Waals surface area (Å²) in [7, 11) is 2.17. The average Bonchev–Trinajstić information content (AvgIpc) is 2.34. The molecule has 0 aromatic carbocycles. The predicted octanol–water partition coefficient (Wildman–Crippen LogP) is 0.942. The molecular weight excluding hydrogens is 232 g/mol. The Hall–Kier alpha value is -0.620. The molecule has 2 atom stereocenters. The fraction of sp³-hybridized carbons (Fsp3) is 0.583. The zero-order valence-electron chi connectivity index (χ0n) is 10.4. The number of nitrogens with one attached hydrogen (secondary N) is 1. The van der Waals surface area contributed by atoms with Crippen LogP contribution in [0.4, 0.5) is 0 Å². The lowest BCUT2D eigenvalue weighted by molar-refractivity contribution is 0.216. The predicted molar refractivity (Wildman–Crippen MR) is 72.8 cm³/mol. The molecule has 2 heterocycles. The molecule has 1 aliphatic rings. The van der Waals surface area contributed by atoms with Gasteiger partial charge in [0.05, 0.1) is 6.04 Å². The van der Waals surface area contributed by atoms with Crippen LogP contribution < -0.4 is 11.3 Å². The number of aromatic nitrogens is 1. The third-order valence-electron chi connectivity index (χ3n) is 3.42. The van der Waals surface area contributed by atoms with Crippen LogP contribution in [0.3, 0.4) is 0 Å². The van der Waals surface area contributed by atoms with E-state index in [0.29, 0.717) is 6.04 Å². The van der Waals surface area contributed by atoms with E-state index in [1.807, 2.05) is 30.2 Å². The highest BCUT2D eigenvalue weighted by molar-refractivity contribution is 7.99. The molecule has 1 fully saturated rings. The Balaban J connectivity index is 2.23. The number of pyridine rings is 1. The van der Waals surface area contributed by atoms with Gasteiger partial charge in [0.2, 0.25) is 0 Å². The topological polar surface area (TPSA) is 54.2 Å². The lowest BCUT2D eigenvalue weighted by atomic mass is 9.97. The molecule has 1 saturated heterocycles. The number of hydrazine groups is 1. The van der Waals surface area contributed by atoms with Crippen LogP contribution in [0.15, 0.2) is 18.5 Å². The molecule has 2 unspecified atom stereocenters. The third-order valence-corrected chi connectivity index (χ3v) is 4.47. The van der Waals surface area contributed by atoms with Crippen LogP contribution in [0.5, 0.6) is 0 Å². The number of rotatable bonds is 3. The van der Waals surface area contributed by atoms with Gasteiger partial charge in [-0.1, -0.05) is 0 Å². The van der Waals surface area contributed by atoms with Gasteiger partial charge in [0.25, 0.3) is 0 Å². The monoisotopic (exact) mass is 252 g/mol. The molecule has 17 heavy (non-hydrogen) atoms. The third kappa shape index (κ3) is 2.80. The van der Waals surface area contributed by atoms with Gasteiger partial charge in [0, 0.05) is 36.5 Å². The minimum Gasteiger partial charge on any atom is -0.300 e. The Labute approximate surface area is 107 Å².